The second-order valence-corrected chi connectivity index (χ2v) is 6.43. The molecule has 0 saturated carbocycles. The topological polar surface area (TPSA) is 12.0 Å². The quantitative estimate of drug-likeness (QED) is 0.746. The predicted octanol–water partition coefficient (Wildman–Crippen LogP) is 4.42. The average molecular weight is 265 g/mol. The number of aryl methyl sites for hydroxylation is 1. The Labute approximate surface area is 117 Å². The second-order valence-electron chi connectivity index (χ2n) is 5.35. The van der Waals surface area contributed by atoms with Gasteiger partial charge in [-0.25, -0.2) is 0 Å². The lowest BCUT2D eigenvalue weighted by atomic mass is 10.1. The summed E-state index contributed by atoms with van der Waals surface area (Å²) in [5, 5.41) is 3.67. The lowest BCUT2D eigenvalue weighted by Crippen LogP contribution is -2.24. The minimum absolute atomic E-state index is 0.494. The molecule has 1 aromatic carbocycles. The van der Waals surface area contributed by atoms with E-state index in [-0.39, 0.29) is 0 Å². The molecule has 0 aromatic heterocycles. The van der Waals surface area contributed by atoms with Gasteiger partial charge in [0.15, 0.2) is 0 Å². The molecule has 18 heavy (non-hydrogen) atoms. The van der Waals surface area contributed by atoms with Gasteiger partial charge in [0.1, 0.15) is 0 Å². The normalized spacial score (nSPS) is 12.9. The maximum Gasteiger partial charge on any atom is 0.0411 e. The molecule has 0 amide bonds. The predicted molar refractivity (Wildman–Crippen MR) is 84.4 cm³/mol. The highest BCUT2D eigenvalue weighted by molar-refractivity contribution is 7.99. The van der Waals surface area contributed by atoms with Gasteiger partial charge in [-0.1, -0.05) is 50.6 Å². The highest BCUT2D eigenvalue weighted by atomic mass is 32.2. The van der Waals surface area contributed by atoms with E-state index in [0.717, 1.165) is 12.5 Å². The number of thioether (sulfide) groups is 1. The van der Waals surface area contributed by atoms with Crippen LogP contribution in [0.1, 0.15) is 44.4 Å². The largest absolute Gasteiger partial charge is 0.309 e. The van der Waals surface area contributed by atoms with E-state index in [1.54, 1.807) is 0 Å². The van der Waals surface area contributed by atoms with Crippen LogP contribution in [0.2, 0.25) is 0 Å². The Bertz CT molecular complexity index is 336. The third kappa shape index (κ3) is 5.92. The summed E-state index contributed by atoms with van der Waals surface area (Å²) < 4.78 is 0. The zero-order valence-electron chi connectivity index (χ0n) is 12.2. The van der Waals surface area contributed by atoms with E-state index >= 15 is 0 Å². The zero-order chi connectivity index (χ0) is 13.4. The smallest absolute Gasteiger partial charge is 0.0411 e. The molecule has 1 N–H and O–H groups in total. The van der Waals surface area contributed by atoms with E-state index in [9.17, 15) is 0 Å². The lowest BCUT2D eigenvalue weighted by molar-refractivity contribution is 0.576. The van der Waals surface area contributed by atoms with Crippen LogP contribution in [0, 0.1) is 12.8 Å². The summed E-state index contributed by atoms with van der Waals surface area (Å²) in [6.45, 7) is 10.1. The van der Waals surface area contributed by atoms with Crippen molar-refractivity contribution in [3.05, 3.63) is 35.4 Å². The van der Waals surface area contributed by atoms with Gasteiger partial charge in [-0.3, -0.25) is 0 Å². The van der Waals surface area contributed by atoms with E-state index in [4.69, 9.17) is 0 Å². The fourth-order valence-corrected chi connectivity index (χ4v) is 3.05. The van der Waals surface area contributed by atoms with E-state index in [0.29, 0.717) is 6.04 Å². The van der Waals surface area contributed by atoms with Gasteiger partial charge in [-0.05, 0) is 37.1 Å². The summed E-state index contributed by atoms with van der Waals surface area (Å²) >= 11 is 2.06. The van der Waals surface area contributed by atoms with Crippen LogP contribution >= 0.6 is 11.8 Å². The molecule has 0 heterocycles. The Morgan fingerprint density at radius 1 is 1.22 bits per heavy atom. The van der Waals surface area contributed by atoms with Crippen molar-refractivity contribution in [1.29, 1.82) is 0 Å². The maximum atomic E-state index is 3.67. The van der Waals surface area contributed by atoms with Crippen LogP contribution in [-0.2, 0) is 0 Å². The zero-order valence-corrected chi connectivity index (χ0v) is 13.0. The Morgan fingerprint density at radius 3 is 2.61 bits per heavy atom. The number of nitrogens with one attached hydrogen (secondary N) is 1. The molecule has 0 fully saturated rings. The highest BCUT2D eigenvalue weighted by Crippen LogP contribution is 2.21. The molecule has 1 atom stereocenters. The van der Waals surface area contributed by atoms with Crippen LogP contribution in [0.25, 0.3) is 0 Å². The molecule has 0 aliphatic carbocycles. The second kappa shape index (κ2) is 8.60. The maximum absolute atomic E-state index is 3.67. The molecule has 0 saturated heterocycles. The number of rotatable bonds is 8. The van der Waals surface area contributed by atoms with Gasteiger partial charge >= 0.3 is 0 Å². The van der Waals surface area contributed by atoms with Gasteiger partial charge in [0, 0.05) is 11.8 Å². The molecule has 1 nitrogen and oxygen atoms in total. The lowest BCUT2D eigenvalue weighted by Gasteiger charge is -2.19. The fourth-order valence-electron chi connectivity index (χ4n) is 1.90. The van der Waals surface area contributed by atoms with Crippen molar-refractivity contribution in [2.45, 2.75) is 40.2 Å². The first-order valence-electron chi connectivity index (χ1n) is 7.01. The summed E-state index contributed by atoms with van der Waals surface area (Å²) in [6, 6.07) is 9.38. The van der Waals surface area contributed by atoms with Crippen molar-refractivity contribution in [1.82, 2.24) is 5.32 Å². The first-order valence-corrected chi connectivity index (χ1v) is 8.16. The Balaban J connectivity index is 2.59. The van der Waals surface area contributed by atoms with Gasteiger partial charge in [-0.15, -0.1) is 0 Å². The van der Waals surface area contributed by atoms with Gasteiger partial charge in [0.2, 0.25) is 0 Å². The van der Waals surface area contributed by atoms with E-state index in [1.165, 1.54) is 29.1 Å². The molecule has 1 aromatic rings. The Hall–Kier alpha value is -0.470. The molecule has 0 bridgehead atoms. The van der Waals surface area contributed by atoms with Crippen LogP contribution in [-0.4, -0.2) is 18.1 Å². The molecule has 1 rings (SSSR count). The Kier molecular flexibility index (Phi) is 7.45. The summed E-state index contributed by atoms with van der Waals surface area (Å²) in [5.74, 6) is 3.19. The van der Waals surface area contributed by atoms with Crippen molar-refractivity contribution in [2.75, 3.05) is 18.1 Å². The molecule has 0 aliphatic rings. The molecule has 102 valence electrons. The molecular formula is C16H27NS. The number of hydrogen-bond donors (Lipinski definition) is 1. The fraction of sp³-hybridized carbons (Fsp3) is 0.625. The van der Waals surface area contributed by atoms with Gasteiger partial charge < -0.3 is 5.32 Å². The van der Waals surface area contributed by atoms with Crippen molar-refractivity contribution in [3.8, 4) is 0 Å². The van der Waals surface area contributed by atoms with Gasteiger partial charge in [-0.2, -0.15) is 11.8 Å². The number of benzene rings is 1. The van der Waals surface area contributed by atoms with Crippen LogP contribution in [0.15, 0.2) is 24.3 Å². The van der Waals surface area contributed by atoms with Crippen molar-refractivity contribution >= 4 is 11.8 Å². The Morgan fingerprint density at radius 2 is 2.00 bits per heavy atom. The highest BCUT2D eigenvalue weighted by Gasteiger charge is 2.11. The minimum Gasteiger partial charge on any atom is -0.309 e. The van der Waals surface area contributed by atoms with E-state index in [1.807, 2.05) is 0 Å². The first-order chi connectivity index (χ1) is 8.63. The van der Waals surface area contributed by atoms with Crippen molar-refractivity contribution in [3.63, 3.8) is 0 Å². The molecular weight excluding hydrogens is 238 g/mol. The summed E-state index contributed by atoms with van der Waals surface area (Å²) in [5.41, 5.74) is 2.78. The average Bonchev–Trinajstić information content (AvgIpc) is 2.33. The van der Waals surface area contributed by atoms with Crippen molar-refractivity contribution in [2.24, 2.45) is 5.92 Å². The monoisotopic (exact) mass is 265 g/mol. The third-order valence-electron chi connectivity index (χ3n) is 2.82. The number of hydrogen-bond acceptors (Lipinski definition) is 2. The van der Waals surface area contributed by atoms with E-state index in [2.05, 4.69) is 69.0 Å². The third-order valence-corrected chi connectivity index (χ3v) is 4.29. The summed E-state index contributed by atoms with van der Waals surface area (Å²) in [7, 11) is 0. The first kappa shape index (κ1) is 15.6. The molecule has 0 aliphatic heterocycles. The van der Waals surface area contributed by atoms with Gasteiger partial charge in [0.05, 0.1) is 0 Å². The van der Waals surface area contributed by atoms with Crippen LogP contribution in [0.4, 0.5) is 0 Å². The van der Waals surface area contributed by atoms with E-state index < -0.39 is 0 Å². The van der Waals surface area contributed by atoms with Gasteiger partial charge in [0.25, 0.3) is 0 Å². The summed E-state index contributed by atoms with van der Waals surface area (Å²) in [6.07, 6.45) is 1.19. The van der Waals surface area contributed by atoms with Crippen molar-refractivity contribution < 1.29 is 0 Å². The van der Waals surface area contributed by atoms with Crippen LogP contribution in [0.3, 0.4) is 0 Å². The van der Waals surface area contributed by atoms with Crippen LogP contribution < -0.4 is 5.32 Å². The molecule has 0 spiro atoms. The molecule has 0 radical (unpaired) electrons. The SMILES string of the molecule is CCCNC(CSCC(C)C)c1cccc(C)c1. The minimum atomic E-state index is 0.494. The standard InChI is InChI=1S/C16H27NS/c1-5-9-17-16(12-18-11-13(2)3)15-8-6-7-14(4)10-15/h6-8,10,13,16-17H,5,9,11-12H2,1-4H3. The molecule has 1 unspecified atom stereocenters. The molecule has 2 heteroatoms. The van der Waals surface area contributed by atoms with Crippen LogP contribution in [0.5, 0.6) is 0 Å². The summed E-state index contributed by atoms with van der Waals surface area (Å²) in [4.78, 5) is 0.